The Morgan fingerprint density at radius 3 is 2.53 bits per heavy atom. The molecular formula is C12H15F3N2O2. The highest BCUT2D eigenvalue weighted by Gasteiger charge is 2.32. The molecule has 0 radical (unpaired) electrons. The SMILES string of the molecule is CCCN(C)C(=O)c1ccc(OC(F)(F)F)c(N)c1. The summed E-state index contributed by atoms with van der Waals surface area (Å²) in [6, 6.07) is 3.47. The van der Waals surface area contributed by atoms with Gasteiger partial charge in [-0.15, -0.1) is 13.2 Å². The molecule has 0 heterocycles. The number of nitrogens with two attached hydrogens (primary N) is 1. The average molecular weight is 276 g/mol. The summed E-state index contributed by atoms with van der Waals surface area (Å²) in [5.41, 5.74) is 5.44. The van der Waals surface area contributed by atoms with E-state index in [-0.39, 0.29) is 17.2 Å². The fourth-order valence-corrected chi connectivity index (χ4v) is 1.56. The molecule has 2 N–H and O–H groups in total. The second kappa shape index (κ2) is 5.81. The molecule has 0 unspecified atom stereocenters. The largest absolute Gasteiger partial charge is 0.573 e. The smallest absolute Gasteiger partial charge is 0.404 e. The molecule has 19 heavy (non-hydrogen) atoms. The van der Waals surface area contributed by atoms with Crippen LogP contribution in [0.4, 0.5) is 18.9 Å². The van der Waals surface area contributed by atoms with Crippen LogP contribution in [-0.4, -0.2) is 30.8 Å². The van der Waals surface area contributed by atoms with Crippen LogP contribution in [0, 0.1) is 0 Å². The highest BCUT2D eigenvalue weighted by molar-refractivity contribution is 5.95. The van der Waals surface area contributed by atoms with E-state index in [1.165, 1.54) is 17.0 Å². The van der Waals surface area contributed by atoms with Crippen LogP contribution < -0.4 is 10.5 Å². The highest BCUT2D eigenvalue weighted by atomic mass is 19.4. The van der Waals surface area contributed by atoms with Crippen molar-refractivity contribution in [2.45, 2.75) is 19.7 Å². The standard InChI is InChI=1S/C12H15F3N2O2/c1-3-6-17(2)11(18)8-4-5-10(9(16)7-8)19-12(13,14)15/h4-5,7H,3,6,16H2,1-2H3. The minimum absolute atomic E-state index is 0.225. The summed E-state index contributed by atoms with van der Waals surface area (Å²) in [5, 5.41) is 0. The predicted octanol–water partition coefficient (Wildman–Crippen LogP) is 2.65. The third-order valence-corrected chi connectivity index (χ3v) is 2.39. The van der Waals surface area contributed by atoms with Crippen LogP contribution in [0.25, 0.3) is 0 Å². The number of benzene rings is 1. The lowest BCUT2D eigenvalue weighted by atomic mass is 10.1. The number of anilines is 1. The van der Waals surface area contributed by atoms with Crippen molar-refractivity contribution in [3.63, 3.8) is 0 Å². The van der Waals surface area contributed by atoms with E-state index in [1.807, 2.05) is 6.92 Å². The number of carbonyl (C=O) groups excluding carboxylic acids is 1. The van der Waals surface area contributed by atoms with Crippen LogP contribution in [0.5, 0.6) is 5.75 Å². The Hall–Kier alpha value is -1.92. The molecule has 0 atom stereocenters. The molecule has 0 bridgehead atoms. The third-order valence-electron chi connectivity index (χ3n) is 2.39. The van der Waals surface area contributed by atoms with Gasteiger partial charge in [0, 0.05) is 19.2 Å². The molecular weight excluding hydrogens is 261 g/mol. The quantitative estimate of drug-likeness (QED) is 0.860. The van der Waals surface area contributed by atoms with Crippen molar-refractivity contribution in [1.82, 2.24) is 4.90 Å². The monoisotopic (exact) mass is 276 g/mol. The summed E-state index contributed by atoms with van der Waals surface area (Å²) in [7, 11) is 1.61. The molecule has 1 aromatic rings. The third kappa shape index (κ3) is 4.35. The molecule has 0 aromatic heterocycles. The summed E-state index contributed by atoms with van der Waals surface area (Å²) in [6.07, 6.45) is -4.02. The number of amides is 1. The summed E-state index contributed by atoms with van der Waals surface area (Å²) >= 11 is 0. The van der Waals surface area contributed by atoms with E-state index < -0.39 is 12.1 Å². The number of hydrogen-bond donors (Lipinski definition) is 1. The van der Waals surface area contributed by atoms with Crippen molar-refractivity contribution in [3.05, 3.63) is 23.8 Å². The maximum atomic E-state index is 12.1. The number of hydrogen-bond acceptors (Lipinski definition) is 3. The van der Waals surface area contributed by atoms with Gasteiger partial charge >= 0.3 is 6.36 Å². The number of rotatable bonds is 4. The van der Waals surface area contributed by atoms with Crippen LogP contribution in [-0.2, 0) is 0 Å². The van der Waals surface area contributed by atoms with Gasteiger partial charge in [0.15, 0.2) is 5.75 Å². The van der Waals surface area contributed by atoms with Crippen molar-refractivity contribution in [2.24, 2.45) is 0 Å². The maximum Gasteiger partial charge on any atom is 0.573 e. The summed E-state index contributed by atoms with van der Waals surface area (Å²) in [6.45, 7) is 2.47. The minimum atomic E-state index is -4.81. The van der Waals surface area contributed by atoms with E-state index in [9.17, 15) is 18.0 Å². The molecule has 0 aliphatic carbocycles. The van der Waals surface area contributed by atoms with Crippen LogP contribution in [0.2, 0.25) is 0 Å². The van der Waals surface area contributed by atoms with Crippen molar-refractivity contribution in [3.8, 4) is 5.75 Å². The number of ether oxygens (including phenoxy) is 1. The Morgan fingerprint density at radius 1 is 1.42 bits per heavy atom. The first kappa shape index (κ1) is 15.1. The Bertz CT molecular complexity index is 461. The first-order valence-electron chi connectivity index (χ1n) is 5.65. The number of carbonyl (C=O) groups is 1. The van der Waals surface area contributed by atoms with Gasteiger partial charge in [-0.3, -0.25) is 4.79 Å². The molecule has 1 aromatic carbocycles. The van der Waals surface area contributed by atoms with Crippen LogP contribution >= 0.6 is 0 Å². The number of nitrogen functional groups attached to an aromatic ring is 1. The van der Waals surface area contributed by atoms with Gasteiger partial charge < -0.3 is 15.4 Å². The van der Waals surface area contributed by atoms with E-state index in [2.05, 4.69) is 4.74 Å². The van der Waals surface area contributed by atoms with E-state index in [0.717, 1.165) is 12.5 Å². The first-order valence-corrected chi connectivity index (χ1v) is 5.65. The Labute approximate surface area is 108 Å². The normalized spacial score (nSPS) is 11.2. The lowest BCUT2D eigenvalue weighted by Gasteiger charge is -2.17. The van der Waals surface area contributed by atoms with E-state index in [1.54, 1.807) is 7.05 Å². The molecule has 0 fully saturated rings. The summed E-state index contributed by atoms with van der Waals surface area (Å²) < 4.78 is 39.9. The molecule has 0 spiro atoms. The van der Waals surface area contributed by atoms with Crippen LogP contribution in [0.1, 0.15) is 23.7 Å². The summed E-state index contributed by atoms with van der Waals surface area (Å²) in [5.74, 6) is -0.811. The van der Waals surface area contributed by atoms with Crippen molar-refractivity contribution in [2.75, 3.05) is 19.3 Å². The number of halogens is 3. The molecule has 4 nitrogen and oxygen atoms in total. The Morgan fingerprint density at radius 2 is 2.05 bits per heavy atom. The molecule has 0 aliphatic rings. The fourth-order valence-electron chi connectivity index (χ4n) is 1.56. The molecule has 106 valence electrons. The molecule has 0 saturated carbocycles. The zero-order chi connectivity index (χ0) is 14.6. The van der Waals surface area contributed by atoms with Gasteiger partial charge in [0.05, 0.1) is 5.69 Å². The van der Waals surface area contributed by atoms with Crippen molar-refractivity contribution >= 4 is 11.6 Å². The second-order valence-electron chi connectivity index (χ2n) is 4.03. The topological polar surface area (TPSA) is 55.6 Å². The van der Waals surface area contributed by atoms with E-state index in [0.29, 0.717) is 6.54 Å². The zero-order valence-electron chi connectivity index (χ0n) is 10.6. The predicted molar refractivity (Wildman–Crippen MR) is 64.8 cm³/mol. The van der Waals surface area contributed by atoms with Gasteiger partial charge in [0.25, 0.3) is 5.91 Å². The van der Waals surface area contributed by atoms with E-state index in [4.69, 9.17) is 5.73 Å². The molecule has 0 saturated heterocycles. The maximum absolute atomic E-state index is 12.1. The average Bonchev–Trinajstić information content (AvgIpc) is 2.29. The molecule has 1 rings (SSSR count). The molecule has 1 amide bonds. The van der Waals surface area contributed by atoms with Crippen LogP contribution in [0.3, 0.4) is 0 Å². The number of alkyl halides is 3. The van der Waals surface area contributed by atoms with Crippen molar-refractivity contribution < 1.29 is 22.7 Å². The first-order chi connectivity index (χ1) is 8.74. The molecule has 7 heteroatoms. The van der Waals surface area contributed by atoms with Gasteiger partial charge in [-0.1, -0.05) is 6.92 Å². The van der Waals surface area contributed by atoms with Gasteiger partial charge in [0.1, 0.15) is 0 Å². The lowest BCUT2D eigenvalue weighted by molar-refractivity contribution is -0.274. The second-order valence-corrected chi connectivity index (χ2v) is 4.03. The van der Waals surface area contributed by atoms with E-state index >= 15 is 0 Å². The zero-order valence-corrected chi connectivity index (χ0v) is 10.6. The Kier molecular flexibility index (Phi) is 4.63. The van der Waals surface area contributed by atoms with Crippen LogP contribution in [0.15, 0.2) is 18.2 Å². The molecule has 0 aliphatic heterocycles. The Balaban J connectivity index is 2.90. The van der Waals surface area contributed by atoms with Gasteiger partial charge in [0.2, 0.25) is 0 Å². The fraction of sp³-hybridized carbons (Fsp3) is 0.417. The summed E-state index contributed by atoms with van der Waals surface area (Å²) in [4.78, 5) is 13.4. The highest BCUT2D eigenvalue weighted by Crippen LogP contribution is 2.29. The van der Waals surface area contributed by atoms with Gasteiger partial charge in [-0.25, -0.2) is 0 Å². The van der Waals surface area contributed by atoms with Gasteiger partial charge in [-0.05, 0) is 24.6 Å². The van der Waals surface area contributed by atoms with Gasteiger partial charge in [-0.2, -0.15) is 0 Å². The lowest BCUT2D eigenvalue weighted by Crippen LogP contribution is -2.27. The minimum Gasteiger partial charge on any atom is -0.404 e. The number of nitrogens with zero attached hydrogens (tertiary/aromatic N) is 1. The van der Waals surface area contributed by atoms with Crippen molar-refractivity contribution in [1.29, 1.82) is 0 Å².